The van der Waals surface area contributed by atoms with Gasteiger partial charge in [-0.2, -0.15) is 0 Å². The van der Waals surface area contributed by atoms with Crippen LogP contribution in [0.15, 0.2) is 109 Å². The van der Waals surface area contributed by atoms with Gasteiger partial charge in [0, 0.05) is 19.5 Å². The van der Waals surface area contributed by atoms with Crippen LogP contribution in [-0.2, 0) is 14.4 Å². The van der Waals surface area contributed by atoms with Crippen LogP contribution < -0.4 is 24.8 Å². The van der Waals surface area contributed by atoms with Crippen LogP contribution in [0.4, 0.5) is 4.79 Å². The smallest absolute Gasteiger partial charge is 0.412 e. The first kappa shape index (κ1) is 44.3. The summed E-state index contributed by atoms with van der Waals surface area (Å²) in [5, 5.41) is 15.1. The molecule has 3 N–H and O–H groups in total. The molecule has 2 rings (SSSR count). The molecule has 0 heterocycles. The number of aromatic hydroxyl groups is 1. The van der Waals surface area contributed by atoms with Crippen molar-refractivity contribution in [2.24, 2.45) is 0 Å². The molecule has 0 aliphatic heterocycles. The van der Waals surface area contributed by atoms with Gasteiger partial charge in [0.1, 0.15) is 0 Å². The van der Waals surface area contributed by atoms with E-state index < -0.39 is 11.9 Å². The Morgan fingerprint density at radius 1 is 0.648 bits per heavy atom. The van der Waals surface area contributed by atoms with Crippen molar-refractivity contribution in [2.45, 2.75) is 64.7 Å². The second-order valence-corrected chi connectivity index (χ2v) is 11.9. The SMILES string of the molecule is CCC=CCC=CCC=CCC=CCC=CCCCC(=O)NCCNC(=O)Oc1ccc(C=CC(=O)CC(=O)C=Cc2ccc(O)c(OC)c2)cc1OC. The molecule has 0 atom stereocenters. The van der Waals surface area contributed by atoms with Gasteiger partial charge in [-0.3, -0.25) is 14.4 Å². The van der Waals surface area contributed by atoms with Crippen LogP contribution >= 0.6 is 0 Å². The van der Waals surface area contributed by atoms with Crippen molar-refractivity contribution in [3.63, 3.8) is 0 Å². The summed E-state index contributed by atoms with van der Waals surface area (Å²) < 4.78 is 15.7. The summed E-state index contributed by atoms with van der Waals surface area (Å²) in [7, 11) is 2.85. The summed E-state index contributed by atoms with van der Waals surface area (Å²) in [4.78, 5) is 49.1. The predicted molar refractivity (Wildman–Crippen MR) is 216 cm³/mol. The molecule has 0 saturated heterocycles. The largest absolute Gasteiger partial charge is 0.504 e. The summed E-state index contributed by atoms with van der Waals surface area (Å²) in [5.74, 6) is -0.176. The molecule has 54 heavy (non-hydrogen) atoms. The molecule has 0 aromatic heterocycles. The monoisotopic (exact) mass is 738 g/mol. The first-order chi connectivity index (χ1) is 26.2. The van der Waals surface area contributed by atoms with Crippen molar-refractivity contribution in [2.75, 3.05) is 27.3 Å². The second kappa shape index (κ2) is 27.7. The Bertz CT molecular complexity index is 1700. The van der Waals surface area contributed by atoms with Crippen molar-refractivity contribution in [1.29, 1.82) is 0 Å². The Hall–Kier alpha value is -5.90. The minimum atomic E-state index is -0.711. The third kappa shape index (κ3) is 20.2. The lowest BCUT2D eigenvalue weighted by Crippen LogP contribution is -2.36. The Kier molecular flexibility index (Phi) is 22.7. The highest BCUT2D eigenvalue weighted by molar-refractivity contribution is 6.10. The van der Waals surface area contributed by atoms with Crippen molar-refractivity contribution in [3.05, 3.63) is 120 Å². The van der Waals surface area contributed by atoms with Crippen LogP contribution in [0.1, 0.15) is 75.8 Å². The van der Waals surface area contributed by atoms with E-state index in [-0.39, 0.29) is 54.2 Å². The fourth-order valence-electron chi connectivity index (χ4n) is 4.68. The third-order valence-electron chi connectivity index (χ3n) is 7.51. The van der Waals surface area contributed by atoms with Gasteiger partial charge in [-0.25, -0.2) is 4.79 Å². The quantitative estimate of drug-likeness (QED) is 0.0398. The topological polar surface area (TPSA) is 140 Å². The average molecular weight is 739 g/mol. The molecule has 2 amide bonds. The van der Waals surface area contributed by atoms with Crippen LogP contribution in [0, 0.1) is 0 Å². The molecule has 0 spiro atoms. The number of unbranched alkanes of at least 4 members (excludes halogenated alkanes) is 1. The number of phenolic OH excluding ortho intramolecular Hbond substituents is 1. The van der Waals surface area contributed by atoms with Gasteiger partial charge in [-0.15, -0.1) is 0 Å². The molecule has 0 aliphatic carbocycles. The molecule has 10 nitrogen and oxygen atoms in total. The maximum atomic E-state index is 12.4. The molecule has 0 fully saturated rings. The highest BCUT2D eigenvalue weighted by atomic mass is 16.6. The Morgan fingerprint density at radius 2 is 1.17 bits per heavy atom. The lowest BCUT2D eigenvalue weighted by molar-refractivity contribution is -0.122. The van der Waals surface area contributed by atoms with Crippen molar-refractivity contribution < 1.29 is 38.5 Å². The fourth-order valence-corrected chi connectivity index (χ4v) is 4.68. The zero-order chi connectivity index (χ0) is 39.2. The first-order valence-electron chi connectivity index (χ1n) is 18.2. The van der Waals surface area contributed by atoms with Crippen molar-refractivity contribution >= 4 is 35.7 Å². The van der Waals surface area contributed by atoms with E-state index in [2.05, 4.69) is 78.3 Å². The molecular weight excluding hydrogens is 684 g/mol. The summed E-state index contributed by atoms with van der Waals surface area (Å²) >= 11 is 0. The summed E-state index contributed by atoms with van der Waals surface area (Å²) in [6.45, 7) is 2.57. The van der Waals surface area contributed by atoms with Gasteiger partial charge in [-0.05, 0) is 92.5 Å². The minimum absolute atomic E-state index is 0.0156. The molecule has 0 aliphatic rings. The Balaban J connectivity index is 1.61. The average Bonchev–Trinajstić information content (AvgIpc) is 3.17. The third-order valence-corrected chi connectivity index (χ3v) is 7.51. The summed E-state index contributed by atoms with van der Waals surface area (Å²) in [6.07, 6.45) is 32.9. The number of rotatable bonds is 25. The first-order valence-corrected chi connectivity index (χ1v) is 18.2. The molecule has 0 saturated carbocycles. The lowest BCUT2D eigenvalue weighted by Gasteiger charge is -2.11. The van der Waals surface area contributed by atoms with Crippen LogP contribution in [0.2, 0.25) is 0 Å². The van der Waals surface area contributed by atoms with E-state index in [1.54, 1.807) is 24.3 Å². The van der Waals surface area contributed by atoms with Gasteiger partial charge >= 0.3 is 6.09 Å². The Labute approximate surface area is 319 Å². The zero-order valence-corrected chi connectivity index (χ0v) is 31.6. The highest BCUT2D eigenvalue weighted by Crippen LogP contribution is 2.29. The number of ether oxygens (including phenoxy) is 3. The number of allylic oxidation sites excluding steroid dienone is 12. The van der Waals surface area contributed by atoms with Crippen LogP contribution in [0.3, 0.4) is 0 Å². The number of ketones is 2. The molecular formula is C44H54N2O8. The zero-order valence-electron chi connectivity index (χ0n) is 31.6. The fraction of sp³-hybridized carbons (Fsp3) is 0.318. The standard InChI is InChI=1S/C44H54N2O8/c1-4-5-6-7-8-9-10-11-12-13-14-15-16-17-18-19-20-21-43(50)45-30-31-46-44(51)54-40-29-25-36(33-42(40)53-3)23-27-38(48)34-37(47)26-22-35-24-28-39(49)41(32-35)52-2/h5-6,8-9,11-12,14-15,17-18,22-29,32-33,49H,4,7,10,13,16,19-21,30-31,34H2,1-3H3,(H,45,50)(H,46,51). The Morgan fingerprint density at radius 3 is 1.74 bits per heavy atom. The molecule has 10 heteroatoms. The molecule has 0 radical (unpaired) electrons. The van der Waals surface area contributed by atoms with Crippen LogP contribution in [0.5, 0.6) is 23.0 Å². The number of benzene rings is 2. The summed E-state index contributed by atoms with van der Waals surface area (Å²) in [5.41, 5.74) is 1.23. The molecule has 2 aromatic carbocycles. The van der Waals surface area contributed by atoms with E-state index in [0.29, 0.717) is 17.5 Å². The van der Waals surface area contributed by atoms with E-state index >= 15 is 0 Å². The number of methoxy groups -OCH3 is 2. The second-order valence-electron chi connectivity index (χ2n) is 11.9. The molecule has 288 valence electrons. The van der Waals surface area contributed by atoms with Gasteiger partial charge < -0.3 is 30.0 Å². The molecule has 2 aromatic rings. The van der Waals surface area contributed by atoms with Gasteiger partial charge in [0.15, 0.2) is 34.6 Å². The van der Waals surface area contributed by atoms with Gasteiger partial charge in [0.2, 0.25) is 5.91 Å². The van der Waals surface area contributed by atoms with E-state index in [0.717, 1.165) is 44.9 Å². The molecule has 0 unspecified atom stereocenters. The number of hydrogen-bond acceptors (Lipinski definition) is 8. The van der Waals surface area contributed by atoms with E-state index in [9.17, 15) is 24.3 Å². The van der Waals surface area contributed by atoms with Gasteiger partial charge in [0.05, 0.1) is 20.6 Å². The summed E-state index contributed by atoms with van der Waals surface area (Å²) in [6, 6.07) is 9.39. The van der Waals surface area contributed by atoms with Crippen molar-refractivity contribution in [1.82, 2.24) is 10.6 Å². The minimum Gasteiger partial charge on any atom is -0.504 e. The number of carbonyl (C=O) groups excluding carboxylic acids is 4. The number of phenols is 1. The van der Waals surface area contributed by atoms with Crippen LogP contribution in [0.25, 0.3) is 12.2 Å². The van der Waals surface area contributed by atoms with E-state index in [4.69, 9.17) is 14.2 Å². The van der Waals surface area contributed by atoms with E-state index in [1.165, 1.54) is 50.7 Å². The normalized spacial score (nSPS) is 11.9. The van der Waals surface area contributed by atoms with Crippen molar-refractivity contribution in [3.8, 4) is 23.0 Å². The van der Waals surface area contributed by atoms with Gasteiger partial charge in [0.25, 0.3) is 0 Å². The van der Waals surface area contributed by atoms with E-state index in [1.807, 2.05) is 0 Å². The number of amides is 2. The highest BCUT2D eigenvalue weighted by Gasteiger charge is 2.11. The maximum Gasteiger partial charge on any atom is 0.412 e. The lowest BCUT2D eigenvalue weighted by atomic mass is 10.1. The number of nitrogens with one attached hydrogen (secondary N) is 2. The number of carbonyl (C=O) groups is 4. The predicted octanol–water partition coefficient (Wildman–Crippen LogP) is 8.79. The van der Waals surface area contributed by atoms with Crippen LogP contribution in [-0.4, -0.2) is 56.0 Å². The molecule has 0 bridgehead atoms. The maximum absolute atomic E-state index is 12.4. The number of hydrogen-bond donors (Lipinski definition) is 3. The van der Waals surface area contributed by atoms with Gasteiger partial charge in [-0.1, -0.05) is 92.0 Å².